The highest BCUT2D eigenvalue weighted by molar-refractivity contribution is 6.06. The van der Waals surface area contributed by atoms with Crippen molar-refractivity contribution in [1.29, 1.82) is 0 Å². The van der Waals surface area contributed by atoms with Crippen LogP contribution in [0.2, 0.25) is 0 Å². The van der Waals surface area contributed by atoms with E-state index in [1.165, 1.54) is 117 Å². The van der Waals surface area contributed by atoms with Crippen LogP contribution in [0.3, 0.4) is 0 Å². The number of ether oxygens (including phenoxy) is 10. The summed E-state index contributed by atoms with van der Waals surface area (Å²) in [6.45, 7) is 14.6. The average Bonchev–Trinajstić information content (AvgIpc) is 1.64. The Morgan fingerprint density at radius 3 is 0.858 bits per heavy atom. The summed E-state index contributed by atoms with van der Waals surface area (Å²) in [7, 11) is 3.28. The van der Waals surface area contributed by atoms with Crippen LogP contribution in [-0.2, 0) is 4.79 Å². The third kappa shape index (κ3) is 19.2. The van der Waals surface area contributed by atoms with Crippen LogP contribution in [0.1, 0.15) is 142 Å². The van der Waals surface area contributed by atoms with Gasteiger partial charge in [0, 0.05) is 39.0 Å². The molecule has 0 spiro atoms. The van der Waals surface area contributed by atoms with Crippen molar-refractivity contribution in [3.8, 4) is 57.5 Å². The second-order valence-corrected chi connectivity index (χ2v) is 29.3. The molecule has 3 fully saturated rings. The van der Waals surface area contributed by atoms with Gasteiger partial charge in [-0.1, -0.05) is 74.5 Å². The lowest BCUT2D eigenvalue weighted by atomic mass is 9.89. The van der Waals surface area contributed by atoms with Crippen molar-refractivity contribution in [2.24, 2.45) is 17.8 Å². The van der Waals surface area contributed by atoms with Crippen LogP contribution < -0.4 is 47.4 Å². The zero-order chi connectivity index (χ0) is 78.7. The number of hydrogen-bond donors (Lipinski definition) is 0. The summed E-state index contributed by atoms with van der Waals surface area (Å²) in [5.41, 5.74) is 20.3. The zero-order valence-corrected chi connectivity index (χ0v) is 64.6. The predicted octanol–water partition coefficient (Wildman–Crippen LogP) is 22.9. The fraction of sp³-hybridized carbons (Fsp3) is 0.268. The number of methoxy groups -OCH3 is 2. The maximum atomic E-state index is 13.3. The summed E-state index contributed by atoms with van der Waals surface area (Å²) < 4.78 is 123. The minimum atomic E-state index is -0.303. The second kappa shape index (κ2) is 35.7. The largest absolute Gasteiger partial charge is 0.497 e. The Morgan fingerprint density at radius 1 is 0.327 bits per heavy atom. The van der Waals surface area contributed by atoms with Crippen molar-refractivity contribution in [2.75, 3.05) is 67.1 Å². The smallest absolute Gasteiger partial charge is 0.159 e. The van der Waals surface area contributed by atoms with Crippen LogP contribution in [0.15, 0.2) is 240 Å². The highest BCUT2D eigenvalue weighted by atomic mass is 19.1. The van der Waals surface area contributed by atoms with E-state index in [1.54, 1.807) is 38.5 Å². The summed E-state index contributed by atoms with van der Waals surface area (Å²) in [6, 6.07) is 61.9. The van der Waals surface area contributed by atoms with Gasteiger partial charge >= 0.3 is 0 Å². The molecule has 0 unspecified atom stereocenters. The van der Waals surface area contributed by atoms with Crippen molar-refractivity contribution in [2.45, 2.75) is 86.0 Å². The lowest BCUT2D eigenvalue weighted by molar-refractivity contribution is -0.113. The van der Waals surface area contributed by atoms with Crippen molar-refractivity contribution in [3.63, 3.8) is 0 Å². The molecule has 16 heteroatoms. The van der Waals surface area contributed by atoms with E-state index in [0.29, 0.717) is 43.7 Å². The molecule has 5 heterocycles. The molecule has 0 radical (unpaired) electrons. The van der Waals surface area contributed by atoms with Gasteiger partial charge in [0.05, 0.1) is 34.0 Å². The topological polar surface area (TPSA) is 109 Å². The summed E-state index contributed by atoms with van der Waals surface area (Å²) >= 11 is 0. The monoisotopic (exact) mass is 1530 g/mol. The Morgan fingerprint density at radius 2 is 0.575 bits per heavy atom. The third-order valence-corrected chi connectivity index (χ3v) is 21.0. The van der Waals surface area contributed by atoms with E-state index < -0.39 is 0 Å². The molecule has 0 amide bonds. The van der Waals surface area contributed by atoms with E-state index in [4.69, 9.17) is 47.4 Å². The van der Waals surface area contributed by atoms with Crippen LogP contribution in [0.25, 0.3) is 27.9 Å². The maximum Gasteiger partial charge on any atom is 0.159 e. The van der Waals surface area contributed by atoms with Gasteiger partial charge < -0.3 is 47.4 Å². The van der Waals surface area contributed by atoms with Crippen LogP contribution >= 0.6 is 0 Å². The van der Waals surface area contributed by atoms with Crippen LogP contribution in [0.4, 0.5) is 22.0 Å². The number of carbonyl (C=O) groups is 1. The summed E-state index contributed by atoms with van der Waals surface area (Å²) in [4.78, 5) is 12.1. The molecule has 580 valence electrons. The molecule has 0 N–H and O–H groups in total. The average molecular weight is 1530 g/mol. The fourth-order valence-corrected chi connectivity index (χ4v) is 14.2. The molecular weight excluding hydrogens is 1440 g/mol. The molecule has 0 bridgehead atoms. The molecule has 0 atom stereocenters. The van der Waals surface area contributed by atoms with Crippen molar-refractivity contribution >= 4 is 33.6 Å². The summed E-state index contributed by atoms with van der Waals surface area (Å²) in [5.74, 6) is 9.03. The summed E-state index contributed by atoms with van der Waals surface area (Å²) in [5, 5.41) is 0. The van der Waals surface area contributed by atoms with Crippen molar-refractivity contribution in [3.05, 3.63) is 325 Å². The highest BCUT2D eigenvalue weighted by Gasteiger charge is 2.30. The van der Waals surface area contributed by atoms with E-state index in [9.17, 15) is 26.7 Å². The Balaban J connectivity index is 0.000000117. The molecule has 18 rings (SSSR count). The standard InChI is InChI=1S/C21H19FO3.C21H21FO2.C20H19FO2.C18H17FO2.C17H15FO2/c1-13(23)19-12-25-20-9-8-17(24-11-14-2-3-14)10-18(20)21(19)15-4-6-16(22)7-5-15;1-2-15-13-24-20-10-9-18(23-12-14-3-4-14)11-19(20)21(15)16-5-7-17(22)8-6-16;1-13-11-23-19-9-8-17(22-12-14-2-3-14)10-18(19)20(13)15-4-6-16(21)7-5-15;1-3-12-11-21-17-9-8-15(20-2)10-16(17)18(12)13-4-6-14(19)7-5-13;1-11-10-20-16-8-7-14(19-2)9-15(16)17(11)12-3-5-13(18)6-4-12/h4-10,14H,2-3,11-12H2,1H3;5-11,14H,2-4,12-13H2,1H3;4-10,14H,2-3,11-12H2,1H3;4-10H,3,11H2,1-2H3;3-9H,10H2,1-2H3. The Kier molecular flexibility index (Phi) is 24.6. The fourth-order valence-electron chi connectivity index (χ4n) is 14.2. The van der Waals surface area contributed by atoms with Gasteiger partial charge in [-0.05, 0) is 314 Å². The van der Waals surface area contributed by atoms with E-state index in [2.05, 4.69) is 26.8 Å². The molecule has 0 aromatic heterocycles. The van der Waals surface area contributed by atoms with Gasteiger partial charge in [0.2, 0.25) is 0 Å². The summed E-state index contributed by atoms with van der Waals surface area (Å²) in [6.07, 6.45) is 9.33. The van der Waals surface area contributed by atoms with Gasteiger partial charge in [-0.3, -0.25) is 4.79 Å². The van der Waals surface area contributed by atoms with E-state index >= 15 is 0 Å². The van der Waals surface area contributed by atoms with Gasteiger partial charge in [0.15, 0.2) is 5.78 Å². The number of carbonyl (C=O) groups excluding carboxylic acids is 1. The van der Waals surface area contributed by atoms with E-state index in [0.717, 1.165) is 191 Å². The molecule has 11 nitrogen and oxygen atoms in total. The number of ketones is 1. The first-order valence-corrected chi connectivity index (χ1v) is 38.7. The predicted molar refractivity (Wildman–Crippen MR) is 432 cm³/mol. The quantitative estimate of drug-likeness (QED) is 0.0722. The minimum Gasteiger partial charge on any atom is -0.497 e. The van der Waals surface area contributed by atoms with Crippen LogP contribution in [0, 0.1) is 46.8 Å². The van der Waals surface area contributed by atoms with Gasteiger partial charge in [-0.15, -0.1) is 0 Å². The van der Waals surface area contributed by atoms with Gasteiger partial charge in [-0.25, -0.2) is 22.0 Å². The Bertz CT molecular complexity index is 5260. The van der Waals surface area contributed by atoms with Gasteiger partial charge in [0.1, 0.15) is 120 Å². The normalized spacial score (nSPS) is 15.5. The molecule has 3 saturated carbocycles. The Labute approximate surface area is 657 Å². The van der Waals surface area contributed by atoms with Crippen LogP contribution in [-0.4, -0.2) is 72.9 Å². The molecule has 10 aromatic carbocycles. The molecule has 10 aromatic rings. The number of benzene rings is 10. The Hall–Kier alpha value is -11.8. The van der Waals surface area contributed by atoms with E-state index in [-0.39, 0.29) is 41.5 Å². The zero-order valence-electron chi connectivity index (χ0n) is 64.6. The van der Waals surface area contributed by atoms with E-state index in [1.807, 2.05) is 128 Å². The van der Waals surface area contributed by atoms with Gasteiger partial charge in [-0.2, -0.15) is 0 Å². The molecule has 0 saturated heterocycles. The lowest BCUT2D eigenvalue weighted by Gasteiger charge is -2.25. The lowest BCUT2D eigenvalue weighted by Crippen LogP contribution is -2.17. The number of fused-ring (bicyclic) bond motifs is 5. The van der Waals surface area contributed by atoms with Crippen molar-refractivity contribution in [1.82, 2.24) is 0 Å². The maximum absolute atomic E-state index is 13.3. The highest BCUT2D eigenvalue weighted by Crippen LogP contribution is 2.47. The third-order valence-electron chi connectivity index (χ3n) is 21.0. The molecule has 8 aliphatic rings. The van der Waals surface area contributed by atoms with Gasteiger partial charge in [0.25, 0.3) is 0 Å². The molecule has 5 aliphatic heterocycles. The molecule has 113 heavy (non-hydrogen) atoms. The molecule has 3 aliphatic carbocycles. The number of Topliss-reactive ketones (excluding diaryl/α,β-unsaturated/α-hetero) is 1. The first-order chi connectivity index (χ1) is 55.0. The molecular formula is C97H91F5O11. The number of hydrogen-bond acceptors (Lipinski definition) is 11. The minimum absolute atomic E-state index is 0.0470. The van der Waals surface area contributed by atoms with Crippen molar-refractivity contribution < 1.29 is 74.1 Å². The number of halogens is 5. The number of rotatable bonds is 19. The first kappa shape index (κ1) is 77.9. The SMILES string of the molecule is CC(=O)C1=C(c2ccc(F)cc2)c2cc(OCC3CC3)ccc2OC1.CC1=C(c2ccc(F)cc2)c2cc(OCC3CC3)ccc2OC1.CCC1=C(c2ccc(F)cc2)c2cc(OC)ccc2OC1.CCC1=C(c2ccc(F)cc2)c2cc(OCC3CC3)ccc2OC1.COc1ccc2c(c1)C(c1ccc(F)cc1)=C(C)CO2. The first-order valence-electron chi connectivity index (χ1n) is 38.7. The second-order valence-electron chi connectivity index (χ2n) is 29.3. The van der Waals surface area contributed by atoms with Crippen LogP contribution in [0.5, 0.6) is 57.5 Å².